The molecule has 0 spiro atoms. The minimum absolute atomic E-state index is 0.146. The SMILES string of the molecule is O=C(NC=C1CCCC1)NCCCN1CCCC1=O. The largest absolute Gasteiger partial charge is 0.343 e. The maximum Gasteiger partial charge on any atom is 0.318 e. The summed E-state index contributed by atoms with van der Waals surface area (Å²) in [6, 6.07) is -0.146. The van der Waals surface area contributed by atoms with Crippen molar-refractivity contribution in [1.29, 1.82) is 0 Å². The number of urea groups is 1. The molecule has 2 fully saturated rings. The highest BCUT2D eigenvalue weighted by molar-refractivity contribution is 5.78. The first-order chi connectivity index (χ1) is 9.25. The van der Waals surface area contributed by atoms with Gasteiger partial charge in [0.2, 0.25) is 5.91 Å². The highest BCUT2D eigenvalue weighted by atomic mass is 16.2. The Morgan fingerprint density at radius 3 is 2.68 bits per heavy atom. The van der Waals surface area contributed by atoms with E-state index in [1.54, 1.807) is 0 Å². The van der Waals surface area contributed by atoms with Crippen LogP contribution >= 0.6 is 0 Å². The maximum absolute atomic E-state index is 11.5. The standard InChI is InChI=1S/C14H23N3O2/c18-13-7-3-9-17(13)10-4-8-15-14(19)16-11-12-5-1-2-6-12/h11H,1-10H2,(H2,15,16,19). The van der Waals surface area contributed by atoms with Gasteiger partial charge in [0.15, 0.2) is 0 Å². The first-order valence-corrected chi connectivity index (χ1v) is 7.26. The van der Waals surface area contributed by atoms with Crippen molar-refractivity contribution in [3.8, 4) is 0 Å². The smallest absolute Gasteiger partial charge is 0.318 e. The summed E-state index contributed by atoms with van der Waals surface area (Å²) in [4.78, 5) is 24.8. The molecule has 2 aliphatic rings. The molecule has 106 valence electrons. The molecule has 5 heteroatoms. The van der Waals surface area contributed by atoms with E-state index in [4.69, 9.17) is 0 Å². The van der Waals surface area contributed by atoms with Gasteiger partial charge in [-0.3, -0.25) is 4.79 Å². The Bertz CT molecular complexity index is 358. The highest BCUT2D eigenvalue weighted by Gasteiger charge is 2.18. The van der Waals surface area contributed by atoms with Gasteiger partial charge < -0.3 is 15.5 Å². The first kappa shape index (κ1) is 13.9. The lowest BCUT2D eigenvalue weighted by molar-refractivity contribution is -0.127. The van der Waals surface area contributed by atoms with E-state index in [1.165, 1.54) is 18.4 Å². The van der Waals surface area contributed by atoms with E-state index in [0.29, 0.717) is 13.0 Å². The number of likely N-dealkylation sites (tertiary alicyclic amines) is 1. The molecule has 2 N–H and O–H groups in total. The topological polar surface area (TPSA) is 61.4 Å². The van der Waals surface area contributed by atoms with E-state index < -0.39 is 0 Å². The number of rotatable bonds is 5. The normalized spacial score (nSPS) is 18.8. The van der Waals surface area contributed by atoms with Crippen molar-refractivity contribution in [2.24, 2.45) is 0 Å². The van der Waals surface area contributed by atoms with Crippen molar-refractivity contribution >= 4 is 11.9 Å². The quantitative estimate of drug-likeness (QED) is 0.744. The van der Waals surface area contributed by atoms with E-state index in [2.05, 4.69) is 10.6 Å². The van der Waals surface area contributed by atoms with Crippen LogP contribution in [0.15, 0.2) is 11.8 Å². The molecule has 0 aromatic rings. The van der Waals surface area contributed by atoms with Crippen molar-refractivity contribution in [1.82, 2.24) is 15.5 Å². The summed E-state index contributed by atoms with van der Waals surface area (Å²) in [6.07, 6.45) is 9.00. The number of hydrogen-bond acceptors (Lipinski definition) is 2. The zero-order valence-corrected chi connectivity index (χ0v) is 11.4. The average Bonchev–Trinajstić information content (AvgIpc) is 3.04. The molecular formula is C14H23N3O2. The van der Waals surface area contributed by atoms with Gasteiger partial charge in [0, 0.05) is 32.3 Å². The number of allylic oxidation sites excluding steroid dienone is 1. The fourth-order valence-electron chi connectivity index (χ4n) is 2.60. The van der Waals surface area contributed by atoms with Crippen molar-refractivity contribution in [2.75, 3.05) is 19.6 Å². The Labute approximate surface area is 114 Å². The van der Waals surface area contributed by atoms with Crippen LogP contribution in [0.25, 0.3) is 0 Å². The van der Waals surface area contributed by atoms with Crippen LogP contribution in [-0.2, 0) is 4.79 Å². The molecule has 0 unspecified atom stereocenters. The van der Waals surface area contributed by atoms with E-state index >= 15 is 0 Å². The van der Waals surface area contributed by atoms with Crippen LogP contribution in [0, 0.1) is 0 Å². The van der Waals surface area contributed by atoms with Crippen LogP contribution in [0.1, 0.15) is 44.9 Å². The molecule has 3 amide bonds. The fourth-order valence-corrected chi connectivity index (χ4v) is 2.60. The lowest BCUT2D eigenvalue weighted by Crippen LogP contribution is -2.35. The van der Waals surface area contributed by atoms with Gasteiger partial charge in [-0.25, -0.2) is 4.79 Å². The highest BCUT2D eigenvalue weighted by Crippen LogP contribution is 2.22. The third kappa shape index (κ3) is 4.58. The van der Waals surface area contributed by atoms with E-state index in [0.717, 1.165) is 38.8 Å². The monoisotopic (exact) mass is 265 g/mol. The van der Waals surface area contributed by atoms with Crippen molar-refractivity contribution < 1.29 is 9.59 Å². The average molecular weight is 265 g/mol. The molecule has 0 aromatic heterocycles. The van der Waals surface area contributed by atoms with Gasteiger partial charge in [0.05, 0.1) is 0 Å². The van der Waals surface area contributed by atoms with Gasteiger partial charge >= 0.3 is 6.03 Å². The molecule has 1 saturated heterocycles. The van der Waals surface area contributed by atoms with Crippen molar-refractivity contribution in [2.45, 2.75) is 44.9 Å². The molecule has 1 aliphatic carbocycles. The summed E-state index contributed by atoms with van der Waals surface area (Å²) in [5.41, 5.74) is 1.33. The second-order valence-corrected chi connectivity index (χ2v) is 5.25. The number of hydrogen-bond donors (Lipinski definition) is 2. The number of nitrogens with one attached hydrogen (secondary N) is 2. The second kappa shape index (κ2) is 7.16. The maximum atomic E-state index is 11.5. The van der Waals surface area contributed by atoms with Crippen LogP contribution in [0.2, 0.25) is 0 Å². The van der Waals surface area contributed by atoms with Gasteiger partial charge in [-0.15, -0.1) is 0 Å². The van der Waals surface area contributed by atoms with Crippen molar-refractivity contribution in [3.05, 3.63) is 11.8 Å². The third-order valence-electron chi connectivity index (χ3n) is 3.71. The number of nitrogens with zero attached hydrogens (tertiary/aromatic N) is 1. The van der Waals surface area contributed by atoms with E-state index in [-0.39, 0.29) is 11.9 Å². The van der Waals surface area contributed by atoms with Crippen LogP contribution < -0.4 is 10.6 Å². The summed E-state index contributed by atoms with van der Waals surface area (Å²) in [7, 11) is 0. The van der Waals surface area contributed by atoms with Crippen LogP contribution in [0.3, 0.4) is 0 Å². The minimum atomic E-state index is -0.146. The molecule has 0 bridgehead atoms. The van der Waals surface area contributed by atoms with Gasteiger partial charge in [-0.1, -0.05) is 5.57 Å². The van der Waals surface area contributed by atoms with Crippen molar-refractivity contribution in [3.63, 3.8) is 0 Å². The van der Waals surface area contributed by atoms with Gasteiger partial charge in [0.25, 0.3) is 0 Å². The lowest BCUT2D eigenvalue weighted by Gasteiger charge is -2.15. The molecule has 19 heavy (non-hydrogen) atoms. The second-order valence-electron chi connectivity index (χ2n) is 5.25. The fraction of sp³-hybridized carbons (Fsp3) is 0.714. The summed E-state index contributed by atoms with van der Waals surface area (Å²) >= 11 is 0. The van der Waals surface area contributed by atoms with E-state index in [1.807, 2.05) is 11.1 Å². The first-order valence-electron chi connectivity index (χ1n) is 7.26. The van der Waals surface area contributed by atoms with Gasteiger partial charge in [0.1, 0.15) is 0 Å². The predicted molar refractivity (Wildman–Crippen MR) is 73.5 cm³/mol. The summed E-state index contributed by atoms with van der Waals surface area (Å²) in [5, 5.41) is 5.58. The lowest BCUT2D eigenvalue weighted by atomic mass is 10.2. The molecule has 0 aromatic carbocycles. The molecule has 0 radical (unpaired) electrons. The van der Waals surface area contributed by atoms with Gasteiger partial charge in [-0.05, 0) is 38.5 Å². The van der Waals surface area contributed by atoms with E-state index in [9.17, 15) is 9.59 Å². The Morgan fingerprint density at radius 2 is 2.00 bits per heavy atom. The predicted octanol–water partition coefficient (Wildman–Crippen LogP) is 1.76. The summed E-state index contributed by atoms with van der Waals surface area (Å²) < 4.78 is 0. The summed E-state index contributed by atoms with van der Waals surface area (Å²) in [6.45, 7) is 2.23. The Hall–Kier alpha value is -1.52. The zero-order valence-electron chi connectivity index (χ0n) is 11.4. The molecule has 1 aliphatic heterocycles. The van der Waals surface area contributed by atoms with Gasteiger partial charge in [-0.2, -0.15) is 0 Å². The molecule has 0 atom stereocenters. The molecule has 2 rings (SSSR count). The van der Waals surface area contributed by atoms with Crippen LogP contribution in [0.4, 0.5) is 4.79 Å². The molecular weight excluding hydrogens is 242 g/mol. The Balaban J connectivity index is 1.54. The third-order valence-corrected chi connectivity index (χ3v) is 3.71. The Kier molecular flexibility index (Phi) is 5.24. The molecule has 1 heterocycles. The zero-order chi connectivity index (χ0) is 13.5. The molecule has 1 saturated carbocycles. The van der Waals surface area contributed by atoms with Crippen LogP contribution in [0.5, 0.6) is 0 Å². The molecule has 5 nitrogen and oxygen atoms in total. The number of amides is 3. The summed E-state index contributed by atoms with van der Waals surface area (Å²) in [5.74, 6) is 0.246. The Morgan fingerprint density at radius 1 is 1.21 bits per heavy atom. The van der Waals surface area contributed by atoms with Crippen LogP contribution in [-0.4, -0.2) is 36.5 Å². The number of carbonyl (C=O) groups is 2. The number of carbonyl (C=O) groups excluding carboxylic acids is 2. The minimum Gasteiger partial charge on any atom is -0.343 e.